The quantitative estimate of drug-likeness (QED) is 0.760. The van der Waals surface area contributed by atoms with Crippen molar-refractivity contribution in [2.45, 2.75) is 6.54 Å². The zero-order chi connectivity index (χ0) is 14.1. The van der Waals surface area contributed by atoms with Crippen LogP contribution in [-0.4, -0.2) is 15.7 Å². The number of aryl methyl sites for hydroxylation is 1. The Labute approximate surface area is 115 Å². The smallest absolute Gasteiger partial charge is 0.260 e. The van der Waals surface area contributed by atoms with E-state index in [2.05, 4.69) is 10.4 Å². The highest BCUT2D eigenvalue weighted by molar-refractivity contribution is 6.12. The summed E-state index contributed by atoms with van der Waals surface area (Å²) >= 11 is 0. The summed E-state index contributed by atoms with van der Waals surface area (Å²) in [5.74, 6) is 0.216. The minimum absolute atomic E-state index is 0.261. The van der Waals surface area contributed by atoms with Gasteiger partial charge in [0, 0.05) is 30.7 Å². The Balaban J connectivity index is 1.93. The topological polar surface area (TPSA) is 86.1 Å². The van der Waals surface area contributed by atoms with Crippen molar-refractivity contribution in [2.75, 3.05) is 5.32 Å². The van der Waals surface area contributed by atoms with Crippen LogP contribution in [0.25, 0.3) is 11.0 Å². The van der Waals surface area contributed by atoms with Gasteiger partial charge in [-0.2, -0.15) is 5.10 Å². The SMILES string of the molecule is Cn1cc(CN)c(NC(=O)c2coc3ccccc23)n1. The van der Waals surface area contributed by atoms with E-state index in [1.165, 1.54) is 6.26 Å². The van der Waals surface area contributed by atoms with Gasteiger partial charge in [0.2, 0.25) is 0 Å². The maximum Gasteiger partial charge on any atom is 0.260 e. The van der Waals surface area contributed by atoms with Crippen LogP contribution >= 0.6 is 0 Å². The van der Waals surface area contributed by atoms with Crippen LogP contribution in [0.4, 0.5) is 5.82 Å². The summed E-state index contributed by atoms with van der Waals surface area (Å²) in [7, 11) is 1.78. The van der Waals surface area contributed by atoms with Crippen LogP contribution in [0.1, 0.15) is 15.9 Å². The number of aromatic nitrogens is 2. The summed E-state index contributed by atoms with van der Waals surface area (Å²) in [4.78, 5) is 12.3. The molecule has 0 aliphatic rings. The molecule has 3 N–H and O–H groups in total. The molecule has 0 aliphatic carbocycles. The number of hydrogen-bond donors (Lipinski definition) is 2. The van der Waals surface area contributed by atoms with Crippen molar-refractivity contribution in [3.63, 3.8) is 0 Å². The molecule has 0 atom stereocenters. The Hall–Kier alpha value is -2.60. The lowest BCUT2D eigenvalue weighted by atomic mass is 10.1. The zero-order valence-electron chi connectivity index (χ0n) is 11.0. The first-order valence-electron chi connectivity index (χ1n) is 6.19. The van der Waals surface area contributed by atoms with E-state index >= 15 is 0 Å². The van der Waals surface area contributed by atoms with Crippen molar-refractivity contribution in [3.8, 4) is 0 Å². The third kappa shape index (κ3) is 2.06. The average molecular weight is 270 g/mol. The van der Waals surface area contributed by atoms with Crippen molar-refractivity contribution >= 4 is 22.7 Å². The standard InChI is InChI=1S/C14H14N4O2/c1-18-7-9(6-15)13(17-18)16-14(19)11-8-20-12-5-3-2-4-10(11)12/h2-5,7-8H,6,15H2,1H3,(H,16,17,19). The maximum atomic E-state index is 12.3. The predicted molar refractivity (Wildman–Crippen MR) is 75.3 cm³/mol. The molecule has 0 aliphatic heterocycles. The van der Waals surface area contributed by atoms with Crippen molar-refractivity contribution in [1.29, 1.82) is 0 Å². The Bertz CT molecular complexity index is 772. The molecule has 2 heterocycles. The summed E-state index contributed by atoms with van der Waals surface area (Å²) in [6.45, 7) is 0.315. The first kappa shape index (κ1) is 12.4. The summed E-state index contributed by atoms with van der Waals surface area (Å²) in [5, 5.41) is 7.72. The molecule has 0 bridgehead atoms. The van der Waals surface area contributed by atoms with E-state index < -0.39 is 0 Å². The molecular weight excluding hydrogens is 256 g/mol. The van der Waals surface area contributed by atoms with E-state index in [9.17, 15) is 4.79 Å². The number of para-hydroxylation sites is 1. The molecule has 0 saturated heterocycles. The second kappa shape index (κ2) is 4.82. The number of carbonyl (C=O) groups excluding carboxylic acids is 1. The van der Waals surface area contributed by atoms with Gasteiger partial charge in [0.25, 0.3) is 5.91 Å². The molecule has 6 heteroatoms. The number of carbonyl (C=O) groups is 1. The lowest BCUT2D eigenvalue weighted by molar-refractivity contribution is 0.102. The average Bonchev–Trinajstić information content (AvgIpc) is 3.02. The normalized spacial score (nSPS) is 10.9. The number of amides is 1. The van der Waals surface area contributed by atoms with Crippen LogP contribution in [0.2, 0.25) is 0 Å². The van der Waals surface area contributed by atoms with Gasteiger partial charge in [-0.05, 0) is 6.07 Å². The van der Waals surface area contributed by atoms with E-state index in [1.54, 1.807) is 17.9 Å². The number of nitrogens with zero attached hydrogens (tertiary/aromatic N) is 2. The van der Waals surface area contributed by atoms with Gasteiger partial charge in [-0.15, -0.1) is 0 Å². The molecule has 6 nitrogen and oxygen atoms in total. The summed E-state index contributed by atoms with van der Waals surface area (Å²) in [6, 6.07) is 7.38. The third-order valence-electron chi connectivity index (χ3n) is 3.08. The molecule has 3 aromatic rings. The van der Waals surface area contributed by atoms with Gasteiger partial charge in [-0.3, -0.25) is 9.48 Å². The molecule has 1 amide bonds. The maximum absolute atomic E-state index is 12.3. The predicted octanol–water partition coefficient (Wildman–Crippen LogP) is 1.88. The Morgan fingerprint density at radius 2 is 2.25 bits per heavy atom. The minimum Gasteiger partial charge on any atom is -0.463 e. The van der Waals surface area contributed by atoms with E-state index in [0.29, 0.717) is 23.5 Å². The van der Waals surface area contributed by atoms with Crippen LogP contribution in [-0.2, 0) is 13.6 Å². The van der Waals surface area contributed by atoms with E-state index in [-0.39, 0.29) is 5.91 Å². The van der Waals surface area contributed by atoms with Gasteiger partial charge >= 0.3 is 0 Å². The number of hydrogen-bond acceptors (Lipinski definition) is 4. The van der Waals surface area contributed by atoms with Crippen LogP contribution in [0.15, 0.2) is 41.1 Å². The molecule has 0 unspecified atom stereocenters. The molecule has 3 rings (SSSR count). The fourth-order valence-corrected chi connectivity index (χ4v) is 2.12. The van der Waals surface area contributed by atoms with Crippen LogP contribution in [0.3, 0.4) is 0 Å². The minimum atomic E-state index is -0.261. The molecule has 102 valence electrons. The van der Waals surface area contributed by atoms with Gasteiger partial charge in [-0.1, -0.05) is 18.2 Å². The van der Waals surface area contributed by atoms with Gasteiger partial charge in [0.05, 0.1) is 5.56 Å². The van der Waals surface area contributed by atoms with Crippen LogP contribution < -0.4 is 11.1 Å². The lowest BCUT2D eigenvalue weighted by Crippen LogP contribution is -2.14. The molecule has 0 spiro atoms. The van der Waals surface area contributed by atoms with Gasteiger partial charge < -0.3 is 15.5 Å². The number of benzene rings is 1. The second-order valence-electron chi connectivity index (χ2n) is 4.48. The first-order valence-corrected chi connectivity index (χ1v) is 6.19. The molecule has 0 fully saturated rings. The molecular formula is C14H14N4O2. The van der Waals surface area contributed by atoms with Gasteiger partial charge in [-0.25, -0.2) is 0 Å². The van der Waals surface area contributed by atoms with Crippen LogP contribution in [0.5, 0.6) is 0 Å². The number of rotatable bonds is 3. The molecule has 0 saturated carbocycles. The second-order valence-corrected chi connectivity index (χ2v) is 4.48. The third-order valence-corrected chi connectivity index (χ3v) is 3.08. The Kier molecular flexibility index (Phi) is 3.00. The monoisotopic (exact) mass is 270 g/mol. The number of nitrogens with two attached hydrogens (primary N) is 1. The highest BCUT2D eigenvalue weighted by Crippen LogP contribution is 2.22. The fourth-order valence-electron chi connectivity index (χ4n) is 2.12. The number of fused-ring (bicyclic) bond motifs is 1. The highest BCUT2D eigenvalue weighted by Gasteiger charge is 2.16. The number of furan rings is 1. The van der Waals surface area contributed by atoms with Gasteiger partial charge in [0.1, 0.15) is 11.8 Å². The highest BCUT2D eigenvalue weighted by atomic mass is 16.3. The van der Waals surface area contributed by atoms with Crippen LogP contribution in [0, 0.1) is 0 Å². The number of anilines is 1. The van der Waals surface area contributed by atoms with Crippen molar-refractivity contribution in [3.05, 3.63) is 47.9 Å². The summed E-state index contributed by atoms with van der Waals surface area (Å²) in [6.07, 6.45) is 3.23. The lowest BCUT2D eigenvalue weighted by Gasteiger charge is -2.02. The summed E-state index contributed by atoms with van der Waals surface area (Å²) < 4.78 is 6.97. The first-order chi connectivity index (χ1) is 9.69. The van der Waals surface area contributed by atoms with Crippen molar-refractivity contribution in [2.24, 2.45) is 12.8 Å². The largest absolute Gasteiger partial charge is 0.463 e. The van der Waals surface area contributed by atoms with Gasteiger partial charge in [0.15, 0.2) is 5.82 Å². The van der Waals surface area contributed by atoms with Crippen molar-refractivity contribution in [1.82, 2.24) is 9.78 Å². The van der Waals surface area contributed by atoms with E-state index in [4.69, 9.17) is 10.2 Å². The molecule has 2 aromatic heterocycles. The molecule has 1 aromatic carbocycles. The van der Waals surface area contributed by atoms with E-state index in [0.717, 1.165) is 10.9 Å². The summed E-state index contributed by atoms with van der Waals surface area (Å²) in [5.41, 5.74) is 7.57. The Morgan fingerprint density at radius 3 is 3.05 bits per heavy atom. The Morgan fingerprint density at radius 1 is 1.45 bits per heavy atom. The molecule has 20 heavy (non-hydrogen) atoms. The fraction of sp³-hybridized carbons (Fsp3) is 0.143. The molecule has 0 radical (unpaired) electrons. The van der Waals surface area contributed by atoms with Crippen molar-refractivity contribution < 1.29 is 9.21 Å². The van der Waals surface area contributed by atoms with E-state index in [1.807, 2.05) is 24.3 Å². The zero-order valence-corrected chi connectivity index (χ0v) is 11.0. The number of nitrogens with one attached hydrogen (secondary N) is 1.